The van der Waals surface area contributed by atoms with Gasteiger partial charge in [0.1, 0.15) is 5.75 Å². The van der Waals surface area contributed by atoms with E-state index in [1.165, 1.54) is 11.1 Å². The van der Waals surface area contributed by atoms with Crippen LogP contribution in [0.4, 0.5) is 8.78 Å². The number of methoxy groups -OCH3 is 2. The van der Waals surface area contributed by atoms with Crippen LogP contribution in [0, 0.1) is 0 Å². The summed E-state index contributed by atoms with van der Waals surface area (Å²) in [5.74, 6) is 1.66. The predicted molar refractivity (Wildman–Crippen MR) is 95.4 cm³/mol. The highest BCUT2D eigenvalue weighted by molar-refractivity contribution is 5.49. The third-order valence-electron chi connectivity index (χ3n) is 4.70. The van der Waals surface area contributed by atoms with Gasteiger partial charge in [-0.25, -0.2) is 0 Å². The van der Waals surface area contributed by atoms with E-state index in [1.54, 1.807) is 26.4 Å². The van der Waals surface area contributed by atoms with Crippen LogP contribution in [0.15, 0.2) is 36.4 Å². The molecule has 3 rings (SSSR count). The number of rotatable bonds is 7. The van der Waals surface area contributed by atoms with E-state index in [1.807, 2.05) is 24.3 Å². The molecule has 140 valence electrons. The Bertz CT molecular complexity index is 752. The van der Waals surface area contributed by atoms with Crippen LogP contribution in [-0.4, -0.2) is 27.4 Å². The zero-order valence-corrected chi connectivity index (χ0v) is 14.9. The molecule has 0 bridgehead atoms. The number of fused-ring (bicyclic) bond motifs is 1. The lowest BCUT2D eigenvalue weighted by Crippen LogP contribution is -2.30. The fourth-order valence-corrected chi connectivity index (χ4v) is 3.45. The summed E-state index contributed by atoms with van der Waals surface area (Å²) in [5.41, 5.74) is 3.17. The van der Waals surface area contributed by atoms with Gasteiger partial charge in [0.2, 0.25) is 0 Å². The van der Waals surface area contributed by atoms with Crippen LogP contribution < -0.4 is 19.5 Å². The molecular weight excluding hydrogens is 340 g/mol. The van der Waals surface area contributed by atoms with Crippen molar-refractivity contribution in [3.63, 3.8) is 0 Å². The van der Waals surface area contributed by atoms with Crippen molar-refractivity contribution in [2.75, 3.05) is 20.8 Å². The first-order valence-electron chi connectivity index (χ1n) is 8.63. The van der Waals surface area contributed by atoms with Crippen molar-refractivity contribution in [1.82, 2.24) is 5.32 Å². The number of alkyl halides is 2. The van der Waals surface area contributed by atoms with E-state index in [0.717, 1.165) is 30.7 Å². The van der Waals surface area contributed by atoms with Gasteiger partial charge in [0.05, 0.1) is 14.2 Å². The molecule has 2 aromatic rings. The van der Waals surface area contributed by atoms with Crippen LogP contribution in [-0.2, 0) is 12.8 Å². The van der Waals surface area contributed by atoms with E-state index in [2.05, 4.69) is 10.1 Å². The van der Waals surface area contributed by atoms with Crippen molar-refractivity contribution < 1.29 is 23.0 Å². The van der Waals surface area contributed by atoms with Crippen LogP contribution in [0.25, 0.3) is 0 Å². The number of benzene rings is 2. The topological polar surface area (TPSA) is 39.7 Å². The molecule has 1 aliphatic heterocycles. The number of nitrogens with one attached hydrogen (secondary N) is 1. The number of halogens is 2. The summed E-state index contributed by atoms with van der Waals surface area (Å²) in [7, 11) is 3.25. The highest BCUT2D eigenvalue weighted by atomic mass is 19.3. The van der Waals surface area contributed by atoms with Crippen molar-refractivity contribution in [1.29, 1.82) is 0 Å². The minimum atomic E-state index is -2.82. The molecule has 0 aliphatic carbocycles. The lowest BCUT2D eigenvalue weighted by molar-refractivity contribution is -0.0504. The second kappa shape index (κ2) is 8.36. The second-order valence-electron chi connectivity index (χ2n) is 6.19. The maximum Gasteiger partial charge on any atom is 0.387 e. The Morgan fingerprint density at radius 3 is 2.54 bits per heavy atom. The maximum absolute atomic E-state index is 12.6. The quantitative estimate of drug-likeness (QED) is 0.803. The standard InChI is InChI=1S/C20H23F2NO3/c1-24-18-11-14-9-10-23-16(15(14)12-19(18)25-2)8-7-13-5-3-4-6-17(13)26-20(21)22/h3-6,11-12,16,20,23H,7-10H2,1-2H3/t16-/m0/s1. The smallest absolute Gasteiger partial charge is 0.387 e. The Morgan fingerprint density at radius 2 is 1.81 bits per heavy atom. The monoisotopic (exact) mass is 363 g/mol. The summed E-state index contributed by atoms with van der Waals surface area (Å²) in [6.45, 7) is -1.95. The normalized spacial score (nSPS) is 16.3. The van der Waals surface area contributed by atoms with Crippen LogP contribution in [0.2, 0.25) is 0 Å². The predicted octanol–water partition coefficient (Wildman–Crippen LogP) is 4.12. The molecule has 0 radical (unpaired) electrons. The first-order chi connectivity index (χ1) is 12.6. The van der Waals surface area contributed by atoms with Crippen molar-refractivity contribution in [3.8, 4) is 17.2 Å². The molecule has 0 unspecified atom stereocenters. The molecule has 6 heteroatoms. The van der Waals surface area contributed by atoms with Crippen molar-refractivity contribution in [2.24, 2.45) is 0 Å². The number of aryl methyl sites for hydroxylation is 1. The van der Waals surface area contributed by atoms with Gasteiger partial charge in [-0.05, 0) is 60.7 Å². The fourth-order valence-electron chi connectivity index (χ4n) is 3.45. The highest BCUT2D eigenvalue weighted by Crippen LogP contribution is 2.37. The van der Waals surface area contributed by atoms with E-state index in [0.29, 0.717) is 12.2 Å². The summed E-state index contributed by atoms with van der Waals surface area (Å²) < 4.78 is 40.6. The van der Waals surface area contributed by atoms with Gasteiger partial charge in [0.25, 0.3) is 0 Å². The molecule has 0 saturated heterocycles. The number of para-hydroxylation sites is 1. The number of hydrogen-bond acceptors (Lipinski definition) is 4. The summed E-state index contributed by atoms with van der Waals surface area (Å²) in [4.78, 5) is 0. The average molecular weight is 363 g/mol. The Hall–Kier alpha value is -2.34. The molecule has 1 heterocycles. The van der Waals surface area contributed by atoms with E-state index in [-0.39, 0.29) is 11.8 Å². The van der Waals surface area contributed by atoms with Gasteiger partial charge in [0.15, 0.2) is 11.5 Å². The second-order valence-corrected chi connectivity index (χ2v) is 6.19. The number of hydrogen-bond donors (Lipinski definition) is 1. The summed E-state index contributed by atoms with van der Waals surface area (Å²) in [6, 6.07) is 11.1. The van der Waals surface area contributed by atoms with Crippen LogP contribution >= 0.6 is 0 Å². The lowest BCUT2D eigenvalue weighted by Gasteiger charge is -2.28. The Morgan fingerprint density at radius 1 is 1.08 bits per heavy atom. The molecule has 0 fully saturated rings. The van der Waals surface area contributed by atoms with Crippen LogP contribution in [0.3, 0.4) is 0 Å². The molecule has 1 N–H and O–H groups in total. The van der Waals surface area contributed by atoms with E-state index < -0.39 is 6.61 Å². The van der Waals surface area contributed by atoms with E-state index >= 15 is 0 Å². The minimum absolute atomic E-state index is 0.123. The molecule has 0 aromatic heterocycles. The highest BCUT2D eigenvalue weighted by Gasteiger charge is 2.23. The van der Waals surface area contributed by atoms with Crippen LogP contribution in [0.1, 0.15) is 29.2 Å². The molecular formula is C20H23F2NO3. The minimum Gasteiger partial charge on any atom is -0.493 e. The zero-order valence-electron chi connectivity index (χ0n) is 14.9. The molecule has 4 nitrogen and oxygen atoms in total. The van der Waals surface area contributed by atoms with E-state index in [9.17, 15) is 8.78 Å². The van der Waals surface area contributed by atoms with Gasteiger partial charge >= 0.3 is 6.61 Å². The van der Waals surface area contributed by atoms with E-state index in [4.69, 9.17) is 9.47 Å². The maximum atomic E-state index is 12.6. The van der Waals surface area contributed by atoms with Gasteiger partial charge in [-0.15, -0.1) is 0 Å². The first-order valence-corrected chi connectivity index (χ1v) is 8.63. The van der Waals surface area contributed by atoms with Crippen molar-refractivity contribution in [3.05, 3.63) is 53.1 Å². The average Bonchev–Trinajstić information content (AvgIpc) is 2.65. The first kappa shape index (κ1) is 18.5. The Kier molecular flexibility index (Phi) is 5.93. The fraction of sp³-hybridized carbons (Fsp3) is 0.400. The Balaban J connectivity index is 1.79. The van der Waals surface area contributed by atoms with Crippen molar-refractivity contribution >= 4 is 0 Å². The Labute approximate surface area is 152 Å². The molecule has 1 aliphatic rings. The van der Waals surface area contributed by atoms with Gasteiger partial charge in [-0.3, -0.25) is 0 Å². The third kappa shape index (κ3) is 4.07. The SMILES string of the molecule is COc1cc2c(cc1OC)[C@H](CCc1ccccc1OC(F)F)NCC2. The van der Waals surface area contributed by atoms with Crippen molar-refractivity contribution in [2.45, 2.75) is 31.9 Å². The summed E-state index contributed by atoms with van der Waals surface area (Å²) in [6.07, 6.45) is 2.32. The third-order valence-corrected chi connectivity index (χ3v) is 4.70. The molecule has 1 atom stereocenters. The van der Waals surface area contributed by atoms with Crippen LogP contribution in [0.5, 0.6) is 17.2 Å². The zero-order chi connectivity index (χ0) is 18.5. The molecule has 26 heavy (non-hydrogen) atoms. The molecule has 0 amide bonds. The largest absolute Gasteiger partial charge is 0.493 e. The van der Waals surface area contributed by atoms with Gasteiger partial charge in [-0.1, -0.05) is 18.2 Å². The summed E-state index contributed by atoms with van der Waals surface area (Å²) in [5, 5.41) is 3.51. The molecule has 0 spiro atoms. The molecule has 2 aromatic carbocycles. The van der Waals surface area contributed by atoms with Gasteiger partial charge in [-0.2, -0.15) is 8.78 Å². The number of ether oxygens (including phenoxy) is 3. The molecule has 0 saturated carbocycles. The lowest BCUT2D eigenvalue weighted by atomic mass is 9.90. The van der Waals surface area contributed by atoms with Gasteiger partial charge in [0, 0.05) is 6.04 Å². The summed E-state index contributed by atoms with van der Waals surface area (Å²) >= 11 is 0. The van der Waals surface area contributed by atoms with Gasteiger partial charge < -0.3 is 19.5 Å².